The Bertz CT molecular complexity index is 1310. The average Bonchev–Trinajstić information content (AvgIpc) is 3.24. The number of ether oxygens (including phenoxy) is 1. The van der Waals surface area contributed by atoms with Crippen LogP contribution in [0.3, 0.4) is 0 Å². The maximum absolute atomic E-state index is 12.2. The number of carbonyl (C=O) groups is 1. The SMILES string of the molecule is CC(C)(C)OC(=O)/C=C/c1csc2c(NC[C@H](N)Cc3ccccc3)nc(-c3ccncc3)nc12. The normalized spacial score (nSPS) is 12.7. The third kappa shape index (κ3) is 6.71. The molecule has 8 heteroatoms. The zero-order valence-electron chi connectivity index (χ0n) is 20.1. The van der Waals surface area contributed by atoms with Crippen molar-refractivity contribution in [1.29, 1.82) is 0 Å². The smallest absolute Gasteiger partial charge is 0.331 e. The van der Waals surface area contributed by atoms with Gasteiger partial charge in [0.25, 0.3) is 0 Å². The van der Waals surface area contributed by atoms with Gasteiger partial charge in [-0.3, -0.25) is 4.98 Å². The van der Waals surface area contributed by atoms with Gasteiger partial charge >= 0.3 is 5.97 Å². The van der Waals surface area contributed by atoms with E-state index in [4.69, 9.17) is 20.4 Å². The topological polar surface area (TPSA) is 103 Å². The molecule has 3 N–H and O–H groups in total. The molecule has 3 heterocycles. The third-order valence-electron chi connectivity index (χ3n) is 5.06. The van der Waals surface area contributed by atoms with Gasteiger partial charge in [-0.25, -0.2) is 14.8 Å². The number of thiophene rings is 1. The van der Waals surface area contributed by atoms with Gasteiger partial charge in [0.05, 0.1) is 10.2 Å². The molecule has 35 heavy (non-hydrogen) atoms. The van der Waals surface area contributed by atoms with Gasteiger partial charge in [-0.05, 0) is 51.0 Å². The minimum atomic E-state index is -0.551. The zero-order chi connectivity index (χ0) is 24.8. The van der Waals surface area contributed by atoms with E-state index in [1.165, 1.54) is 23.0 Å². The molecule has 0 fully saturated rings. The summed E-state index contributed by atoms with van der Waals surface area (Å²) in [6, 6.07) is 13.8. The lowest BCUT2D eigenvalue weighted by atomic mass is 10.1. The first kappa shape index (κ1) is 24.5. The number of pyridine rings is 1. The minimum Gasteiger partial charge on any atom is -0.457 e. The molecule has 180 valence electrons. The molecule has 0 aliphatic heterocycles. The van der Waals surface area contributed by atoms with E-state index >= 15 is 0 Å². The molecule has 1 aromatic carbocycles. The Morgan fingerprint density at radius 3 is 2.60 bits per heavy atom. The maximum Gasteiger partial charge on any atom is 0.331 e. The van der Waals surface area contributed by atoms with Crippen molar-refractivity contribution >= 4 is 39.4 Å². The Morgan fingerprint density at radius 2 is 1.89 bits per heavy atom. The Morgan fingerprint density at radius 1 is 1.14 bits per heavy atom. The van der Waals surface area contributed by atoms with Crippen molar-refractivity contribution in [2.45, 2.75) is 38.8 Å². The van der Waals surface area contributed by atoms with Gasteiger partial charge in [-0.15, -0.1) is 11.3 Å². The molecule has 4 rings (SSSR count). The van der Waals surface area contributed by atoms with Crippen LogP contribution in [0.1, 0.15) is 31.9 Å². The average molecular weight is 488 g/mol. The summed E-state index contributed by atoms with van der Waals surface area (Å²) in [5.74, 6) is 0.891. The number of aromatic nitrogens is 3. The van der Waals surface area contributed by atoms with Crippen LogP contribution in [0.4, 0.5) is 5.82 Å². The van der Waals surface area contributed by atoms with Gasteiger partial charge < -0.3 is 15.8 Å². The number of anilines is 1. The molecule has 4 aromatic rings. The second-order valence-corrected chi connectivity index (χ2v) is 10.1. The molecule has 0 radical (unpaired) electrons. The summed E-state index contributed by atoms with van der Waals surface area (Å²) in [7, 11) is 0. The molecular weight excluding hydrogens is 458 g/mol. The predicted molar refractivity (Wildman–Crippen MR) is 142 cm³/mol. The summed E-state index contributed by atoms with van der Waals surface area (Å²) in [6.45, 7) is 6.08. The van der Waals surface area contributed by atoms with Crippen molar-refractivity contribution in [2.75, 3.05) is 11.9 Å². The van der Waals surface area contributed by atoms with E-state index in [9.17, 15) is 4.79 Å². The predicted octanol–water partition coefficient (Wildman–Crippen LogP) is 5.09. The first-order valence-corrected chi connectivity index (χ1v) is 12.3. The van der Waals surface area contributed by atoms with Crippen molar-refractivity contribution in [3.8, 4) is 11.4 Å². The van der Waals surface area contributed by atoms with E-state index < -0.39 is 11.6 Å². The van der Waals surface area contributed by atoms with Crippen molar-refractivity contribution in [3.05, 3.63) is 77.4 Å². The number of fused-ring (bicyclic) bond motifs is 1. The lowest BCUT2D eigenvalue weighted by molar-refractivity contribution is -0.148. The van der Waals surface area contributed by atoms with Crippen LogP contribution in [0, 0.1) is 0 Å². The second-order valence-electron chi connectivity index (χ2n) is 9.20. The first-order chi connectivity index (χ1) is 16.8. The molecule has 0 saturated heterocycles. The number of nitrogens with zero attached hydrogens (tertiary/aromatic N) is 3. The quantitative estimate of drug-likeness (QED) is 0.264. The summed E-state index contributed by atoms with van der Waals surface area (Å²) >= 11 is 1.52. The third-order valence-corrected chi connectivity index (χ3v) is 6.05. The molecule has 0 unspecified atom stereocenters. The number of nitrogens with one attached hydrogen (secondary N) is 1. The number of hydrogen-bond donors (Lipinski definition) is 2. The van der Waals surface area contributed by atoms with E-state index in [0.717, 1.165) is 27.8 Å². The molecule has 0 spiro atoms. The fourth-order valence-corrected chi connectivity index (χ4v) is 4.45. The van der Waals surface area contributed by atoms with Gasteiger partial charge in [-0.1, -0.05) is 30.3 Å². The zero-order valence-corrected chi connectivity index (χ0v) is 20.9. The van der Waals surface area contributed by atoms with E-state index in [-0.39, 0.29) is 6.04 Å². The van der Waals surface area contributed by atoms with E-state index in [1.807, 2.05) is 56.5 Å². The van der Waals surface area contributed by atoms with Crippen molar-refractivity contribution in [1.82, 2.24) is 15.0 Å². The lowest BCUT2D eigenvalue weighted by Gasteiger charge is -2.17. The van der Waals surface area contributed by atoms with Crippen LogP contribution < -0.4 is 11.1 Å². The highest BCUT2D eigenvalue weighted by Crippen LogP contribution is 2.33. The second kappa shape index (κ2) is 10.8. The number of carbonyl (C=O) groups excluding carboxylic acids is 1. The van der Waals surface area contributed by atoms with Crippen molar-refractivity contribution in [3.63, 3.8) is 0 Å². The number of benzene rings is 1. The van der Waals surface area contributed by atoms with E-state index in [2.05, 4.69) is 22.4 Å². The highest BCUT2D eigenvalue weighted by Gasteiger charge is 2.17. The Labute approximate surface area is 209 Å². The van der Waals surface area contributed by atoms with Crippen LogP contribution >= 0.6 is 11.3 Å². The molecule has 3 aromatic heterocycles. The van der Waals surface area contributed by atoms with E-state index in [0.29, 0.717) is 18.2 Å². The highest BCUT2D eigenvalue weighted by molar-refractivity contribution is 7.18. The fraction of sp³-hybridized carbons (Fsp3) is 0.259. The Kier molecular flexibility index (Phi) is 7.53. The van der Waals surface area contributed by atoms with Gasteiger partial charge in [0.2, 0.25) is 0 Å². The van der Waals surface area contributed by atoms with Gasteiger partial charge in [0.15, 0.2) is 5.82 Å². The van der Waals surface area contributed by atoms with Crippen molar-refractivity contribution in [2.24, 2.45) is 5.73 Å². The summed E-state index contributed by atoms with van der Waals surface area (Å²) in [6.07, 6.45) is 7.35. The van der Waals surface area contributed by atoms with Gasteiger partial charge in [0, 0.05) is 47.6 Å². The van der Waals surface area contributed by atoms with Crippen LogP contribution in [0.5, 0.6) is 0 Å². The summed E-state index contributed by atoms with van der Waals surface area (Å²) in [5, 5.41) is 5.39. The number of rotatable bonds is 8. The van der Waals surface area contributed by atoms with Crippen molar-refractivity contribution < 1.29 is 9.53 Å². The van der Waals surface area contributed by atoms with Crippen LogP contribution in [-0.2, 0) is 16.0 Å². The standard InChI is InChI=1S/C27H29N5O2S/c1-27(2,3)34-22(33)10-9-20-17-35-24-23(20)31-25(19-11-13-29-14-12-19)32-26(24)30-16-21(28)15-18-7-5-4-6-8-18/h4-14,17,21H,15-16,28H2,1-3H3,(H,30,31,32)/b10-9+/t21-/m1/s1. The molecule has 1 atom stereocenters. The van der Waals surface area contributed by atoms with Crippen LogP contribution in [0.25, 0.3) is 27.7 Å². The molecule has 0 aliphatic carbocycles. The Hall–Kier alpha value is -3.62. The minimum absolute atomic E-state index is 0.0849. The fourth-order valence-electron chi connectivity index (χ4n) is 3.51. The Balaban J connectivity index is 1.62. The summed E-state index contributed by atoms with van der Waals surface area (Å²) < 4.78 is 6.29. The summed E-state index contributed by atoms with van der Waals surface area (Å²) in [5.41, 5.74) is 9.49. The molecule has 7 nitrogen and oxygen atoms in total. The maximum atomic E-state index is 12.2. The monoisotopic (exact) mass is 487 g/mol. The lowest BCUT2D eigenvalue weighted by Crippen LogP contribution is -2.31. The van der Waals surface area contributed by atoms with Crippen LogP contribution in [0.2, 0.25) is 0 Å². The number of hydrogen-bond acceptors (Lipinski definition) is 8. The molecule has 0 bridgehead atoms. The largest absolute Gasteiger partial charge is 0.457 e. The molecule has 0 amide bonds. The van der Waals surface area contributed by atoms with Crippen LogP contribution in [0.15, 0.2) is 66.3 Å². The number of esters is 1. The van der Waals surface area contributed by atoms with Crippen LogP contribution in [-0.4, -0.2) is 39.1 Å². The summed E-state index contributed by atoms with van der Waals surface area (Å²) in [4.78, 5) is 25.9. The van der Waals surface area contributed by atoms with E-state index in [1.54, 1.807) is 18.5 Å². The highest BCUT2D eigenvalue weighted by atomic mass is 32.1. The van der Waals surface area contributed by atoms with Gasteiger partial charge in [-0.2, -0.15) is 0 Å². The molecule has 0 saturated carbocycles. The molecule has 0 aliphatic rings. The van der Waals surface area contributed by atoms with Gasteiger partial charge in [0.1, 0.15) is 11.4 Å². The first-order valence-electron chi connectivity index (χ1n) is 11.4. The number of nitrogens with two attached hydrogens (primary N) is 1. The molecular formula is C27H29N5O2S.